The van der Waals surface area contributed by atoms with Crippen molar-refractivity contribution < 1.29 is 117 Å². The number of carboxylic acid groups (broad SMARTS) is 1. The molecule has 5 rings (SSSR count). The van der Waals surface area contributed by atoms with Crippen LogP contribution in [0.15, 0.2) is 12.2 Å². The Kier molecular flexibility index (Phi) is 21.2. The number of aliphatic hydroxyl groups excluding tert-OH is 8. The predicted octanol–water partition coefficient (Wildman–Crippen LogP) is -7.84. The van der Waals surface area contributed by atoms with Crippen LogP contribution in [0.4, 0.5) is 0 Å². The van der Waals surface area contributed by atoms with Crippen LogP contribution in [0.2, 0.25) is 0 Å². The number of hydrogen-bond acceptors (Lipinski definition) is 24. The minimum absolute atomic E-state index is 0.0346. The van der Waals surface area contributed by atoms with Gasteiger partial charge < -0.3 is 110 Å². The highest BCUT2D eigenvalue weighted by atomic mass is 16.8. The number of rotatable bonds is 20. The third-order valence-corrected chi connectivity index (χ3v) is 12.7. The van der Waals surface area contributed by atoms with E-state index in [1.165, 1.54) is 0 Å². The van der Waals surface area contributed by atoms with Gasteiger partial charge in [0.25, 0.3) is 17.7 Å². The highest BCUT2D eigenvalue weighted by molar-refractivity contribution is 6.13. The molecule has 20 unspecified atom stereocenters. The van der Waals surface area contributed by atoms with Crippen LogP contribution in [0.3, 0.4) is 0 Å². The molecular weight excluding hydrogens is 1010 g/mol. The topological polar surface area (TPSA) is 430 Å². The molecule has 4 saturated heterocycles. The van der Waals surface area contributed by atoms with Gasteiger partial charge in [-0.15, -0.1) is 0 Å². The zero-order valence-corrected chi connectivity index (χ0v) is 42.7. The van der Waals surface area contributed by atoms with E-state index in [0.29, 0.717) is 0 Å². The second kappa shape index (κ2) is 25.8. The highest BCUT2D eigenvalue weighted by Crippen LogP contribution is 2.38. The lowest BCUT2D eigenvalue weighted by Gasteiger charge is -2.52. The molecular formula is C46H72N5O24-. The lowest BCUT2D eigenvalue weighted by atomic mass is 9.78. The van der Waals surface area contributed by atoms with Crippen molar-refractivity contribution in [1.82, 2.24) is 26.2 Å². The van der Waals surface area contributed by atoms with Crippen molar-refractivity contribution in [2.24, 2.45) is 5.41 Å². The van der Waals surface area contributed by atoms with E-state index in [1.807, 2.05) is 0 Å². The summed E-state index contributed by atoms with van der Waals surface area (Å²) in [4.78, 5) is 88.6. The first-order chi connectivity index (χ1) is 35.0. The second-order valence-electron chi connectivity index (χ2n) is 20.8. The molecule has 0 aliphatic carbocycles. The van der Waals surface area contributed by atoms with Crippen LogP contribution in [0, 0.1) is 5.41 Å². The number of ether oxygens (including phenoxy) is 8. The van der Waals surface area contributed by atoms with Crippen LogP contribution in [-0.2, 0) is 71.5 Å². The van der Waals surface area contributed by atoms with E-state index in [9.17, 15) is 79.5 Å². The number of carboxylic acids is 1. The van der Waals surface area contributed by atoms with E-state index in [-0.39, 0.29) is 32.5 Å². The molecule has 20 atom stereocenters. The molecule has 6 amide bonds. The van der Waals surface area contributed by atoms with E-state index in [0.717, 1.165) is 30.9 Å². The minimum atomic E-state index is -2.39. The lowest BCUT2D eigenvalue weighted by Crippen LogP contribution is -2.71. The average molecular weight is 1080 g/mol. The first-order valence-electron chi connectivity index (χ1n) is 24.4. The van der Waals surface area contributed by atoms with Gasteiger partial charge in [0, 0.05) is 52.1 Å². The maximum absolute atomic E-state index is 13.8. The SMILES string of the molecule is CC(=O)NC1C(OC2C(C(=O)[O-])OC(OC3C(O)C(CO)OC(C(C)(C)C)C3NC(C)=O)C(O)C2O)OC(CO)C(O)C1OC1OC(C(=O)NCCCNC(=O)CCN2C(=O)C=CC2=O)C(OC(C)(C)C)C(O)C1O. The number of imide groups is 1. The smallest absolute Gasteiger partial charge is 0.253 e. The molecule has 0 aromatic rings. The molecule has 0 aromatic heterocycles. The van der Waals surface area contributed by atoms with E-state index >= 15 is 0 Å². The fourth-order valence-corrected chi connectivity index (χ4v) is 9.17. The monoisotopic (exact) mass is 1080 g/mol. The largest absolute Gasteiger partial charge is 0.547 e. The molecule has 4 fully saturated rings. The minimum Gasteiger partial charge on any atom is -0.547 e. The van der Waals surface area contributed by atoms with Gasteiger partial charge in [-0.05, 0) is 32.6 Å². The van der Waals surface area contributed by atoms with Crippen molar-refractivity contribution in [2.45, 2.75) is 196 Å². The number of nitrogens with zero attached hydrogens (tertiary/aromatic N) is 1. The molecule has 0 spiro atoms. The lowest BCUT2D eigenvalue weighted by molar-refractivity contribution is -0.383. The van der Waals surface area contributed by atoms with Crippen molar-refractivity contribution in [2.75, 3.05) is 32.8 Å². The van der Waals surface area contributed by atoms with Gasteiger partial charge in [0.15, 0.2) is 25.0 Å². The van der Waals surface area contributed by atoms with Crippen molar-refractivity contribution in [3.8, 4) is 0 Å². The molecule has 5 aliphatic heterocycles. The summed E-state index contributed by atoms with van der Waals surface area (Å²) in [5.41, 5.74) is -1.85. The third-order valence-electron chi connectivity index (χ3n) is 12.7. The Morgan fingerprint density at radius 2 is 1.11 bits per heavy atom. The van der Waals surface area contributed by atoms with E-state index in [1.54, 1.807) is 41.5 Å². The summed E-state index contributed by atoms with van der Waals surface area (Å²) in [7, 11) is 0. The van der Waals surface area contributed by atoms with Crippen LogP contribution in [0.1, 0.15) is 68.2 Å². The van der Waals surface area contributed by atoms with E-state index in [2.05, 4.69) is 21.3 Å². The molecule has 426 valence electrons. The van der Waals surface area contributed by atoms with E-state index < -0.39 is 188 Å². The Morgan fingerprint density at radius 1 is 0.627 bits per heavy atom. The fourth-order valence-electron chi connectivity index (χ4n) is 9.17. The van der Waals surface area contributed by atoms with Gasteiger partial charge in [-0.2, -0.15) is 0 Å². The molecule has 0 bridgehead atoms. The van der Waals surface area contributed by atoms with Crippen LogP contribution in [-0.4, -0.2) is 248 Å². The van der Waals surface area contributed by atoms with Gasteiger partial charge in [-0.25, -0.2) is 0 Å². The Morgan fingerprint density at radius 3 is 1.61 bits per heavy atom. The summed E-state index contributed by atoms with van der Waals surface area (Å²) in [6, 6.07) is -3.02. The van der Waals surface area contributed by atoms with Crippen LogP contribution < -0.4 is 26.4 Å². The first-order valence-corrected chi connectivity index (χ1v) is 24.4. The van der Waals surface area contributed by atoms with Crippen molar-refractivity contribution in [3.05, 3.63) is 12.2 Å². The standard InChI is InChI=1S/C46H73N5O24/c1-18(54)49-25-33(27(59)20(16-52)68-39(25)45(3,4)5)70-44-31(63)29(61)35(38(74-44)41(66)67)72-42-26(50-19(2)55)34(28(60)21(17-53)69-42)71-43-32(64)30(62)36(75-46(6,7)8)37(73-43)40(65)48-14-9-13-47-22(56)12-15-51-23(57)10-11-24(51)58/h10-11,20-21,25-39,42-44,52-53,59-64H,9,12-17H2,1-8H3,(H,47,56)(H,48,65)(H,49,54)(H,50,55)(H,66,67)/p-1. The number of hydrogen-bond donors (Lipinski definition) is 12. The van der Waals surface area contributed by atoms with Gasteiger partial charge in [-0.3, -0.25) is 33.7 Å². The number of aliphatic carboxylic acids is 1. The molecule has 0 saturated carbocycles. The molecule has 12 N–H and O–H groups in total. The number of nitrogens with one attached hydrogen (secondary N) is 4. The van der Waals surface area contributed by atoms with Crippen molar-refractivity contribution >= 4 is 41.4 Å². The predicted molar refractivity (Wildman–Crippen MR) is 245 cm³/mol. The summed E-state index contributed by atoms with van der Waals surface area (Å²) in [6.45, 7) is 10.1. The molecule has 0 radical (unpaired) electrons. The summed E-state index contributed by atoms with van der Waals surface area (Å²) in [5, 5.41) is 112. The van der Waals surface area contributed by atoms with Crippen LogP contribution in [0.5, 0.6) is 0 Å². The number of amides is 6. The van der Waals surface area contributed by atoms with Crippen molar-refractivity contribution in [3.63, 3.8) is 0 Å². The maximum Gasteiger partial charge on any atom is 0.253 e. The maximum atomic E-state index is 13.8. The van der Waals surface area contributed by atoms with Gasteiger partial charge >= 0.3 is 0 Å². The van der Waals surface area contributed by atoms with Gasteiger partial charge in [0.05, 0.1) is 36.9 Å². The zero-order valence-electron chi connectivity index (χ0n) is 42.7. The average Bonchev–Trinajstić information content (AvgIpc) is 3.64. The van der Waals surface area contributed by atoms with Crippen LogP contribution >= 0.6 is 0 Å². The van der Waals surface area contributed by atoms with Gasteiger partial charge in [0.2, 0.25) is 17.7 Å². The Bertz CT molecular complexity index is 2040. The Labute approximate surface area is 431 Å². The summed E-state index contributed by atoms with van der Waals surface area (Å²) < 4.78 is 47.1. The number of carbonyl (C=O) groups excluding carboxylic acids is 7. The summed E-state index contributed by atoms with van der Waals surface area (Å²) in [5.74, 6) is -6.02. The quantitative estimate of drug-likeness (QED) is 0.0398. The molecule has 75 heavy (non-hydrogen) atoms. The van der Waals surface area contributed by atoms with Crippen molar-refractivity contribution in [1.29, 1.82) is 0 Å². The molecule has 0 aromatic carbocycles. The molecule has 5 aliphatic rings. The fraction of sp³-hybridized carbons (Fsp3) is 0.804. The third kappa shape index (κ3) is 15.2. The van der Waals surface area contributed by atoms with E-state index in [4.69, 9.17) is 37.9 Å². The summed E-state index contributed by atoms with van der Waals surface area (Å²) >= 11 is 0. The normalized spacial score (nSPS) is 37.5. The van der Waals surface area contributed by atoms with Gasteiger partial charge in [-0.1, -0.05) is 20.8 Å². The highest BCUT2D eigenvalue weighted by Gasteiger charge is 2.58. The second-order valence-corrected chi connectivity index (χ2v) is 20.8. The molecule has 29 heteroatoms. The number of carbonyl (C=O) groups is 7. The number of aliphatic hydroxyl groups is 8. The zero-order chi connectivity index (χ0) is 56.0. The Balaban J connectivity index is 1.34. The molecule has 29 nitrogen and oxygen atoms in total. The summed E-state index contributed by atoms with van der Waals surface area (Å²) in [6.07, 6.45) is -31.9. The van der Waals surface area contributed by atoms with Crippen LogP contribution in [0.25, 0.3) is 0 Å². The molecule has 5 heterocycles. The first kappa shape index (κ1) is 61.4. The Hall–Kier alpha value is -4.41. The van der Waals surface area contributed by atoms with Gasteiger partial charge in [0.1, 0.15) is 85.4 Å².